The van der Waals surface area contributed by atoms with E-state index in [1.165, 1.54) is 11.8 Å². The fraction of sp³-hybridized carbons (Fsp3) is 0.286. The maximum Gasteiger partial charge on any atom is 0.471 e. The van der Waals surface area contributed by atoms with Gasteiger partial charge in [-0.3, -0.25) is 4.52 Å². The van der Waals surface area contributed by atoms with Crippen molar-refractivity contribution in [3.8, 4) is 0 Å². The standard InChI is InChI=1S/C14H17O4PS/c1-10-8-11(2)13(12(3)9-10)14(18-19(15,16)17)6-4-5-7-20-14/h4-9H,1-3H3,(H2,15,16,17). The van der Waals surface area contributed by atoms with Gasteiger partial charge in [0.15, 0.2) is 4.93 Å². The van der Waals surface area contributed by atoms with E-state index in [9.17, 15) is 14.4 Å². The van der Waals surface area contributed by atoms with Crippen LogP contribution in [0.15, 0.2) is 35.8 Å². The number of phosphoric ester groups is 1. The van der Waals surface area contributed by atoms with Crippen LogP contribution in [-0.2, 0) is 14.0 Å². The van der Waals surface area contributed by atoms with Crippen LogP contribution in [0.4, 0.5) is 0 Å². The summed E-state index contributed by atoms with van der Waals surface area (Å²) in [5, 5.41) is 1.77. The quantitative estimate of drug-likeness (QED) is 0.833. The third-order valence-electron chi connectivity index (χ3n) is 3.03. The number of hydrogen-bond donors (Lipinski definition) is 2. The Morgan fingerprint density at radius 1 is 1.15 bits per heavy atom. The zero-order chi connectivity index (χ0) is 15.0. The van der Waals surface area contributed by atoms with Gasteiger partial charge in [-0.1, -0.05) is 41.6 Å². The number of phosphoric acid groups is 1. The van der Waals surface area contributed by atoms with Crippen molar-refractivity contribution in [2.24, 2.45) is 0 Å². The second-order valence-electron chi connectivity index (χ2n) is 4.83. The Hall–Kier alpha value is -0.840. The first-order valence-electron chi connectivity index (χ1n) is 6.10. The van der Waals surface area contributed by atoms with Crippen LogP contribution in [0.2, 0.25) is 0 Å². The van der Waals surface area contributed by atoms with Gasteiger partial charge in [-0.2, -0.15) is 0 Å². The lowest BCUT2D eigenvalue weighted by Crippen LogP contribution is -2.25. The number of hydrogen-bond acceptors (Lipinski definition) is 3. The average Bonchev–Trinajstić information content (AvgIpc) is 2.25. The van der Waals surface area contributed by atoms with E-state index in [0.717, 1.165) is 22.3 Å². The van der Waals surface area contributed by atoms with Crippen LogP contribution in [0.25, 0.3) is 0 Å². The summed E-state index contributed by atoms with van der Waals surface area (Å²) in [6.45, 7) is 5.84. The molecule has 1 unspecified atom stereocenters. The van der Waals surface area contributed by atoms with Crippen LogP contribution >= 0.6 is 19.6 Å². The monoisotopic (exact) mass is 312 g/mol. The number of aryl methyl sites for hydroxylation is 3. The van der Waals surface area contributed by atoms with Gasteiger partial charge in [0.25, 0.3) is 0 Å². The first-order chi connectivity index (χ1) is 9.23. The molecule has 2 rings (SSSR count). The van der Waals surface area contributed by atoms with Crippen LogP contribution in [0.5, 0.6) is 0 Å². The third kappa shape index (κ3) is 3.25. The molecule has 0 amide bonds. The highest BCUT2D eigenvalue weighted by Gasteiger charge is 2.40. The summed E-state index contributed by atoms with van der Waals surface area (Å²) in [4.78, 5) is 17.3. The predicted molar refractivity (Wildman–Crippen MR) is 81.3 cm³/mol. The number of benzene rings is 1. The van der Waals surface area contributed by atoms with Crippen LogP contribution in [0.1, 0.15) is 22.3 Å². The summed E-state index contributed by atoms with van der Waals surface area (Å²) in [7, 11) is -4.62. The maximum atomic E-state index is 11.4. The summed E-state index contributed by atoms with van der Waals surface area (Å²) in [6.07, 6.45) is 5.23. The van der Waals surface area contributed by atoms with Gasteiger partial charge in [-0.25, -0.2) is 4.57 Å². The van der Waals surface area contributed by atoms with Gasteiger partial charge in [-0.15, -0.1) is 0 Å². The Morgan fingerprint density at radius 2 is 1.75 bits per heavy atom. The van der Waals surface area contributed by atoms with E-state index in [2.05, 4.69) is 0 Å². The molecule has 6 heteroatoms. The van der Waals surface area contributed by atoms with E-state index in [-0.39, 0.29) is 0 Å². The molecule has 1 aromatic rings. The molecule has 1 atom stereocenters. The van der Waals surface area contributed by atoms with Crippen molar-refractivity contribution in [1.82, 2.24) is 0 Å². The number of allylic oxidation sites excluding steroid dienone is 2. The first kappa shape index (κ1) is 15.5. The SMILES string of the molecule is Cc1cc(C)c(C2(OP(=O)(O)O)C=CC=CS2)c(C)c1. The van der Waals surface area contributed by atoms with Crippen molar-refractivity contribution in [2.75, 3.05) is 0 Å². The molecule has 0 aliphatic carbocycles. The maximum absolute atomic E-state index is 11.4. The summed E-state index contributed by atoms with van der Waals surface area (Å²) >= 11 is 1.24. The van der Waals surface area contributed by atoms with Crippen molar-refractivity contribution in [3.63, 3.8) is 0 Å². The average molecular weight is 312 g/mol. The zero-order valence-corrected chi connectivity index (χ0v) is 13.2. The molecule has 1 aliphatic rings. The lowest BCUT2D eigenvalue weighted by atomic mass is 9.95. The molecule has 2 N–H and O–H groups in total. The second kappa shape index (κ2) is 5.51. The highest BCUT2D eigenvalue weighted by molar-refractivity contribution is 8.03. The lowest BCUT2D eigenvalue weighted by molar-refractivity contribution is 0.139. The van der Waals surface area contributed by atoms with Gasteiger partial charge in [-0.05, 0) is 43.4 Å². The molecule has 1 aromatic carbocycles. The summed E-state index contributed by atoms with van der Waals surface area (Å²) < 4.78 is 16.5. The number of thioether (sulfide) groups is 1. The van der Waals surface area contributed by atoms with Gasteiger partial charge in [0, 0.05) is 5.56 Å². The van der Waals surface area contributed by atoms with E-state index in [1.807, 2.05) is 39.0 Å². The van der Waals surface area contributed by atoms with Gasteiger partial charge in [0.05, 0.1) is 0 Å². The normalized spacial score (nSPS) is 22.2. The zero-order valence-electron chi connectivity index (χ0n) is 11.5. The van der Waals surface area contributed by atoms with E-state index < -0.39 is 12.8 Å². The molecule has 0 aromatic heterocycles. The fourth-order valence-electron chi connectivity index (χ4n) is 2.55. The van der Waals surface area contributed by atoms with Gasteiger partial charge in [0.1, 0.15) is 0 Å². The Bertz CT molecular complexity index is 609. The Morgan fingerprint density at radius 3 is 2.20 bits per heavy atom. The molecule has 1 heterocycles. The minimum Gasteiger partial charge on any atom is -0.303 e. The molecule has 0 fully saturated rings. The van der Waals surface area contributed by atoms with Gasteiger partial charge < -0.3 is 9.79 Å². The van der Waals surface area contributed by atoms with Crippen LogP contribution < -0.4 is 0 Å². The Balaban J connectivity index is 2.62. The molecular weight excluding hydrogens is 295 g/mol. The lowest BCUT2D eigenvalue weighted by Gasteiger charge is -2.33. The third-order valence-corrected chi connectivity index (χ3v) is 4.74. The molecule has 0 bridgehead atoms. The topological polar surface area (TPSA) is 66.8 Å². The van der Waals surface area contributed by atoms with Crippen molar-refractivity contribution >= 4 is 19.6 Å². The van der Waals surface area contributed by atoms with E-state index in [4.69, 9.17) is 4.52 Å². The molecule has 1 aliphatic heterocycles. The highest BCUT2D eigenvalue weighted by atomic mass is 32.2. The summed E-state index contributed by atoms with van der Waals surface area (Å²) in [5.41, 5.74) is 3.79. The fourth-order valence-corrected chi connectivity index (χ4v) is 4.49. The number of rotatable bonds is 3. The molecule has 0 saturated heterocycles. The summed E-state index contributed by atoms with van der Waals surface area (Å²) in [5.74, 6) is 0. The van der Waals surface area contributed by atoms with E-state index >= 15 is 0 Å². The van der Waals surface area contributed by atoms with Gasteiger partial charge in [0.2, 0.25) is 0 Å². The highest BCUT2D eigenvalue weighted by Crippen LogP contribution is 2.54. The molecule has 0 spiro atoms. The molecule has 4 nitrogen and oxygen atoms in total. The predicted octanol–water partition coefficient (Wildman–Crippen LogP) is 3.69. The second-order valence-corrected chi connectivity index (χ2v) is 7.11. The van der Waals surface area contributed by atoms with Crippen LogP contribution in [-0.4, -0.2) is 9.79 Å². The summed E-state index contributed by atoms with van der Waals surface area (Å²) in [6, 6.07) is 3.97. The first-order valence-corrected chi connectivity index (χ1v) is 8.51. The van der Waals surface area contributed by atoms with E-state index in [1.54, 1.807) is 17.6 Å². The van der Waals surface area contributed by atoms with E-state index in [0.29, 0.717) is 0 Å². The molecule has 20 heavy (non-hydrogen) atoms. The van der Waals surface area contributed by atoms with Crippen LogP contribution in [0, 0.1) is 20.8 Å². The van der Waals surface area contributed by atoms with Crippen molar-refractivity contribution in [3.05, 3.63) is 58.0 Å². The Labute approximate surface area is 122 Å². The molecule has 108 valence electrons. The Kier molecular flexibility index (Phi) is 4.28. The minimum atomic E-state index is -4.62. The van der Waals surface area contributed by atoms with Crippen molar-refractivity contribution < 1.29 is 18.9 Å². The minimum absolute atomic E-state index is 0.789. The largest absolute Gasteiger partial charge is 0.471 e. The molecule has 0 radical (unpaired) electrons. The molecule has 0 saturated carbocycles. The van der Waals surface area contributed by atoms with Crippen molar-refractivity contribution in [1.29, 1.82) is 0 Å². The smallest absolute Gasteiger partial charge is 0.303 e. The van der Waals surface area contributed by atoms with Crippen LogP contribution in [0.3, 0.4) is 0 Å². The van der Waals surface area contributed by atoms with Gasteiger partial charge >= 0.3 is 7.82 Å². The van der Waals surface area contributed by atoms with Crippen molar-refractivity contribution in [2.45, 2.75) is 25.7 Å². The molecular formula is C14H17O4PS.